The minimum Gasteiger partial charge on any atom is -0.508 e. The maximum absolute atomic E-state index is 10.9. The largest absolute Gasteiger partial charge is 0.508 e. The summed E-state index contributed by atoms with van der Waals surface area (Å²) in [5, 5.41) is 10.9. The highest BCUT2D eigenvalue weighted by atomic mass is 16.5. The fraction of sp³-hybridized carbons (Fsp3) is 0.0833. The molecule has 2 aromatic carbocycles. The number of aldehydes is 1. The minimum atomic E-state index is 0.185. The van der Waals surface area contributed by atoms with Crippen LogP contribution in [0, 0.1) is 0 Å². The number of carbonyl (C=O) groups is 1. The number of carbonyl (C=O) groups excluding carboxylic acids is 1. The first kappa shape index (κ1) is 9.52. The average molecular weight is 202 g/mol. The summed E-state index contributed by atoms with van der Waals surface area (Å²) in [5.41, 5.74) is 0.509. The molecule has 0 radical (unpaired) electrons. The lowest BCUT2D eigenvalue weighted by molar-refractivity contribution is 0.112. The number of phenolic OH excluding ortho intramolecular Hbond substituents is 1. The van der Waals surface area contributed by atoms with Gasteiger partial charge in [0, 0.05) is 0 Å². The summed E-state index contributed by atoms with van der Waals surface area (Å²) in [6.45, 7) is 0. The van der Waals surface area contributed by atoms with Crippen molar-refractivity contribution in [2.45, 2.75) is 0 Å². The molecule has 0 saturated heterocycles. The predicted octanol–water partition coefficient (Wildman–Crippen LogP) is 2.37. The Hall–Kier alpha value is -2.03. The minimum absolute atomic E-state index is 0.185. The van der Waals surface area contributed by atoms with E-state index in [0.29, 0.717) is 11.3 Å². The van der Waals surface area contributed by atoms with Crippen molar-refractivity contribution in [1.82, 2.24) is 0 Å². The zero-order chi connectivity index (χ0) is 10.8. The molecular formula is C12H10O3. The van der Waals surface area contributed by atoms with E-state index in [1.54, 1.807) is 30.3 Å². The van der Waals surface area contributed by atoms with Crippen LogP contribution in [0.2, 0.25) is 0 Å². The van der Waals surface area contributed by atoms with E-state index in [1.165, 1.54) is 7.11 Å². The summed E-state index contributed by atoms with van der Waals surface area (Å²) in [6, 6.07) is 8.39. The van der Waals surface area contributed by atoms with Crippen LogP contribution in [0.15, 0.2) is 30.3 Å². The fourth-order valence-electron chi connectivity index (χ4n) is 1.62. The zero-order valence-corrected chi connectivity index (χ0v) is 8.23. The second-order valence-corrected chi connectivity index (χ2v) is 3.20. The van der Waals surface area contributed by atoms with Gasteiger partial charge in [0.1, 0.15) is 11.5 Å². The second kappa shape index (κ2) is 3.61. The van der Waals surface area contributed by atoms with Gasteiger partial charge in [-0.1, -0.05) is 6.07 Å². The molecule has 0 amide bonds. The van der Waals surface area contributed by atoms with Crippen LogP contribution in [0.5, 0.6) is 11.5 Å². The molecule has 0 aliphatic heterocycles. The van der Waals surface area contributed by atoms with E-state index in [4.69, 9.17) is 4.74 Å². The number of benzene rings is 2. The number of aromatic hydroxyl groups is 1. The lowest BCUT2D eigenvalue weighted by atomic mass is 10.0. The molecule has 2 aromatic rings. The van der Waals surface area contributed by atoms with Crippen molar-refractivity contribution >= 4 is 17.1 Å². The molecule has 2 rings (SSSR count). The highest BCUT2D eigenvalue weighted by molar-refractivity contribution is 6.01. The zero-order valence-electron chi connectivity index (χ0n) is 8.23. The third-order valence-electron chi connectivity index (χ3n) is 2.34. The van der Waals surface area contributed by atoms with Gasteiger partial charge < -0.3 is 9.84 Å². The summed E-state index contributed by atoms with van der Waals surface area (Å²) in [4.78, 5) is 10.9. The van der Waals surface area contributed by atoms with Gasteiger partial charge in [0.15, 0.2) is 6.29 Å². The summed E-state index contributed by atoms with van der Waals surface area (Å²) in [5.74, 6) is 0.729. The third-order valence-corrected chi connectivity index (χ3v) is 2.34. The van der Waals surface area contributed by atoms with Gasteiger partial charge in [-0.05, 0) is 35.0 Å². The maximum atomic E-state index is 10.9. The quantitative estimate of drug-likeness (QED) is 0.760. The van der Waals surface area contributed by atoms with Gasteiger partial charge in [0.2, 0.25) is 0 Å². The molecule has 3 heteroatoms. The number of rotatable bonds is 2. The first-order valence-electron chi connectivity index (χ1n) is 4.51. The third kappa shape index (κ3) is 1.52. The van der Waals surface area contributed by atoms with Crippen molar-refractivity contribution in [3.63, 3.8) is 0 Å². The molecule has 0 aliphatic rings. The monoisotopic (exact) mass is 202 g/mol. The molecule has 0 unspecified atom stereocenters. The van der Waals surface area contributed by atoms with Crippen molar-refractivity contribution in [3.05, 3.63) is 35.9 Å². The van der Waals surface area contributed by atoms with Crippen LogP contribution in [0.3, 0.4) is 0 Å². The molecule has 1 N–H and O–H groups in total. The van der Waals surface area contributed by atoms with Crippen LogP contribution in [-0.4, -0.2) is 18.5 Å². The van der Waals surface area contributed by atoms with Crippen molar-refractivity contribution in [2.24, 2.45) is 0 Å². The second-order valence-electron chi connectivity index (χ2n) is 3.20. The van der Waals surface area contributed by atoms with Crippen molar-refractivity contribution in [1.29, 1.82) is 0 Å². The van der Waals surface area contributed by atoms with E-state index >= 15 is 0 Å². The van der Waals surface area contributed by atoms with Crippen LogP contribution in [0.4, 0.5) is 0 Å². The Morgan fingerprint density at radius 1 is 1.27 bits per heavy atom. The standard InChI is InChI=1S/C12H10O3/c1-15-12-5-2-8-6-9(14)3-4-10(8)11(12)7-13/h2-7,14H,1H3. The molecule has 0 saturated carbocycles. The summed E-state index contributed by atoms with van der Waals surface area (Å²) >= 11 is 0. The predicted molar refractivity (Wildman–Crippen MR) is 57.6 cm³/mol. The lowest BCUT2D eigenvalue weighted by Gasteiger charge is -2.07. The van der Waals surface area contributed by atoms with Gasteiger partial charge >= 0.3 is 0 Å². The van der Waals surface area contributed by atoms with Gasteiger partial charge in [0.25, 0.3) is 0 Å². The normalized spacial score (nSPS) is 10.2. The van der Waals surface area contributed by atoms with E-state index in [1.807, 2.05) is 0 Å². The number of fused-ring (bicyclic) bond motifs is 1. The van der Waals surface area contributed by atoms with Crippen LogP contribution in [-0.2, 0) is 0 Å². The van der Waals surface area contributed by atoms with E-state index in [0.717, 1.165) is 17.1 Å². The number of phenols is 1. The van der Waals surface area contributed by atoms with Crippen LogP contribution in [0.1, 0.15) is 10.4 Å². The summed E-state index contributed by atoms with van der Waals surface area (Å²) in [6.07, 6.45) is 0.762. The fourth-order valence-corrected chi connectivity index (χ4v) is 1.62. The van der Waals surface area contributed by atoms with Crippen molar-refractivity contribution in [2.75, 3.05) is 7.11 Å². The van der Waals surface area contributed by atoms with Crippen LogP contribution in [0.25, 0.3) is 10.8 Å². The van der Waals surface area contributed by atoms with Crippen LogP contribution < -0.4 is 4.74 Å². The molecule has 0 atom stereocenters. The maximum Gasteiger partial charge on any atom is 0.154 e. The first-order valence-corrected chi connectivity index (χ1v) is 4.51. The van der Waals surface area contributed by atoms with Gasteiger partial charge in [-0.3, -0.25) is 4.79 Å². The highest BCUT2D eigenvalue weighted by Gasteiger charge is 2.07. The molecule has 76 valence electrons. The molecular weight excluding hydrogens is 192 g/mol. The Morgan fingerprint density at radius 2 is 2.07 bits per heavy atom. The Labute approximate surface area is 86.9 Å². The highest BCUT2D eigenvalue weighted by Crippen LogP contribution is 2.28. The van der Waals surface area contributed by atoms with E-state index < -0.39 is 0 Å². The van der Waals surface area contributed by atoms with E-state index in [2.05, 4.69) is 0 Å². The summed E-state index contributed by atoms with van der Waals surface area (Å²) in [7, 11) is 1.52. The molecule has 15 heavy (non-hydrogen) atoms. The average Bonchev–Trinajstić information content (AvgIpc) is 2.27. The SMILES string of the molecule is COc1ccc2cc(O)ccc2c1C=O. The molecule has 0 aromatic heterocycles. The number of hydrogen-bond donors (Lipinski definition) is 1. The van der Waals surface area contributed by atoms with Gasteiger partial charge in [-0.25, -0.2) is 0 Å². The molecule has 0 aliphatic carbocycles. The lowest BCUT2D eigenvalue weighted by Crippen LogP contribution is -1.91. The molecule has 3 nitrogen and oxygen atoms in total. The van der Waals surface area contributed by atoms with Gasteiger partial charge in [-0.15, -0.1) is 0 Å². The van der Waals surface area contributed by atoms with Crippen molar-refractivity contribution in [3.8, 4) is 11.5 Å². The van der Waals surface area contributed by atoms with Gasteiger partial charge in [0.05, 0.1) is 12.7 Å². The van der Waals surface area contributed by atoms with E-state index in [9.17, 15) is 9.90 Å². The Kier molecular flexibility index (Phi) is 2.29. The molecule has 0 bridgehead atoms. The van der Waals surface area contributed by atoms with Crippen LogP contribution >= 0.6 is 0 Å². The Morgan fingerprint density at radius 3 is 2.73 bits per heavy atom. The topological polar surface area (TPSA) is 46.5 Å². The Bertz CT molecular complexity index is 518. The smallest absolute Gasteiger partial charge is 0.154 e. The number of methoxy groups -OCH3 is 1. The van der Waals surface area contributed by atoms with E-state index in [-0.39, 0.29) is 5.75 Å². The van der Waals surface area contributed by atoms with Gasteiger partial charge in [-0.2, -0.15) is 0 Å². The molecule has 0 fully saturated rings. The first-order chi connectivity index (χ1) is 7.26. The molecule has 0 spiro atoms. The van der Waals surface area contributed by atoms with Crippen molar-refractivity contribution < 1.29 is 14.6 Å². The summed E-state index contributed by atoms with van der Waals surface area (Å²) < 4.78 is 5.08. The number of ether oxygens (including phenoxy) is 1. The number of hydrogen-bond acceptors (Lipinski definition) is 3. The Balaban J connectivity index is 2.82. The molecule has 0 heterocycles.